The lowest BCUT2D eigenvalue weighted by molar-refractivity contribution is -0.119. The second-order valence-corrected chi connectivity index (χ2v) is 5.67. The number of aromatic nitrogens is 2. The molecule has 3 heterocycles. The zero-order chi connectivity index (χ0) is 14.3. The average Bonchev–Trinajstić information content (AvgIpc) is 2.90. The highest BCUT2D eigenvalue weighted by Gasteiger charge is 2.40. The summed E-state index contributed by atoms with van der Waals surface area (Å²) in [6.45, 7) is 0. The van der Waals surface area contributed by atoms with Gasteiger partial charge in [0.25, 0.3) is 5.56 Å². The van der Waals surface area contributed by atoms with Gasteiger partial charge in [-0.2, -0.15) is 5.26 Å². The van der Waals surface area contributed by atoms with Crippen LogP contribution in [0, 0.1) is 22.0 Å². The molecule has 0 bridgehead atoms. The van der Waals surface area contributed by atoms with E-state index in [0.29, 0.717) is 5.56 Å². The Kier molecular flexibility index (Phi) is 3.00. The Morgan fingerprint density at radius 1 is 1.35 bits per heavy atom. The first-order valence-electron chi connectivity index (χ1n) is 5.72. The molecule has 1 aliphatic rings. The lowest BCUT2D eigenvalue weighted by Crippen LogP contribution is -2.37. The molecule has 0 fully saturated rings. The van der Waals surface area contributed by atoms with Crippen molar-refractivity contribution in [2.45, 2.75) is 5.92 Å². The van der Waals surface area contributed by atoms with E-state index in [1.54, 1.807) is 0 Å². The molecule has 2 aromatic rings. The van der Waals surface area contributed by atoms with Gasteiger partial charge in [0.15, 0.2) is 4.77 Å². The van der Waals surface area contributed by atoms with Gasteiger partial charge < -0.3 is 10.3 Å². The molecule has 0 radical (unpaired) electrons. The van der Waals surface area contributed by atoms with Crippen molar-refractivity contribution in [3.63, 3.8) is 0 Å². The predicted molar refractivity (Wildman–Crippen MR) is 76.1 cm³/mol. The van der Waals surface area contributed by atoms with Gasteiger partial charge in [-0.25, -0.2) is 0 Å². The minimum absolute atomic E-state index is 0.134. The first-order valence-corrected chi connectivity index (χ1v) is 7.01. The molecule has 0 saturated carbocycles. The fraction of sp³-hybridized carbons (Fsp3) is 0.167. The SMILES string of the molecule is N#C[C@H]1C(=O)Nc2[nH]c(=S)[nH]c(=O)c2[C@H]1c1cccs1. The van der Waals surface area contributed by atoms with Crippen LogP contribution in [0.15, 0.2) is 22.3 Å². The van der Waals surface area contributed by atoms with Gasteiger partial charge in [-0.3, -0.25) is 14.6 Å². The zero-order valence-electron chi connectivity index (χ0n) is 9.97. The van der Waals surface area contributed by atoms with Crippen molar-refractivity contribution < 1.29 is 4.79 Å². The molecule has 0 saturated heterocycles. The Bertz CT molecular complexity index is 828. The predicted octanol–water partition coefficient (Wildman–Crippen LogP) is 1.72. The van der Waals surface area contributed by atoms with Crippen molar-refractivity contribution in [2.24, 2.45) is 5.92 Å². The number of rotatable bonds is 1. The van der Waals surface area contributed by atoms with Gasteiger partial charge in [-0.1, -0.05) is 6.07 Å². The summed E-state index contributed by atoms with van der Waals surface area (Å²) in [6.07, 6.45) is 0. The van der Waals surface area contributed by atoms with E-state index >= 15 is 0 Å². The normalized spacial score (nSPS) is 20.9. The molecule has 3 N–H and O–H groups in total. The van der Waals surface area contributed by atoms with Crippen molar-refractivity contribution in [1.29, 1.82) is 5.26 Å². The number of anilines is 1. The summed E-state index contributed by atoms with van der Waals surface area (Å²) in [5.41, 5.74) is -0.0467. The summed E-state index contributed by atoms with van der Waals surface area (Å²) >= 11 is 6.30. The molecule has 1 aliphatic heterocycles. The van der Waals surface area contributed by atoms with Crippen molar-refractivity contribution >= 4 is 35.3 Å². The number of nitriles is 1. The molecule has 0 unspecified atom stereocenters. The maximum atomic E-state index is 12.2. The molecule has 0 spiro atoms. The monoisotopic (exact) mass is 304 g/mol. The number of aromatic amines is 2. The number of hydrogen-bond acceptors (Lipinski definition) is 5. The summed E-state index contributed by atoms with van der Waals surface area (Å²) in [5.74, 6) is -1.69. The first kappa shape index (κ1) is 12.8. The van der Waals surface area contributed by atoms with Gasteiger partial charge in [-0.05, 0) is 23.7 Å². The van der Waals surface area contributed by atoms with Gasteiger partial charge in [0, 0.05) is 4.88 Å². The van der Waals surface area contributed by atoms with Crippen LogP contribution in [-0.4, -0.2) is 15.9 Å². The van der Waals surface area contributed by atoms with E-state index in [-0.39, 0.29) is 16.1 Å². The van der Waals surface area contributed by atoms with Crippen LogP contribution in [0.2, 0.25) is 0 Å². The van der Waals surface area contributed by atoms with E-state index in [0.717, 1.165) is 4.88 Å². The topological polar surface area (TPSA) is 102 Å². The van der Waals surface area contributed by atoms with E-state index in [1.165, 1.54) is 11.3 Å². The number of fused-ring (bicyclic) bond motifs is 1. The molecule has 100 valence electrons. The molecule has 0 aliphatic carbocycles. The summed E-state index contributed by atoms with van der Waals surface area (Å²) in [4.78, 5) is 30.2. The summed E-state index contributed by atoms with van der Waals surface area (Å²) < 4.78 is 0.134. The Hall–Kier alpha value is -2.24. The van der Waals surface area contributed by atoms with Crippen LogP contribution >= 0.6 is 23.6 Å². The van der Waals surface area contributed by atoms with E-state index in [9.17, 15) is 14.9 Å². The molecule has 2 aromatic heterocycles. The zero-order valence-corrected chi connectivity index (χ0v) is 11.6. The van der Waals surface area contributed by atoms with Gasteiger partial charge in [0.05, 0.1) is 17.6 Å². The summed E-state index contributed by atoms with van der Waals surface area (Å²) in [7, 11) is 0. The van der Waals surface area contributed by atoms with Crippen LogP contribution in [0.3, 0.4) is 0 Å². The number of carbonyl (C=O) groups excluding carboxylic acids is 1. The van der Waals surface area contributed by atoms with Gasteiger partial charge in [0.2, 0.25) is 5.91 Å². The molecule has 1 amide bonds. The molecule has 8 heteroatoms. The highest BCUT2D eigenvalue weighted by Crippen LogP contribution is 2.39. The number of nitrogens with one attached hydrogen (secondary N) is 3. The third kappa shape index (κ3) is 1.88. The van der Waals surface area contributed by atoms with Crippen LogP contribution in [0.5, 0.6) is 0 Å². The molecule has 2 atom stereocenters. The average molecular weight is 304 g/mol. The maximum absolute atomic E-state index is 12.2. The molecular formula is C12H8N4O2S2. The minimum Gasteiger partial charge on any atom is -0.318 e. The second kappa shape index (κ2) is 4.70. The number of H-pyrrole nitrogens is 2. The summed E-state index contributed by atoms with van der Waals surface area (Å²) in [6, 6.07) is 5.60. The Balaban J connectivity index is 2.31. The fourth-order valence-corrected chi connectivity index (χ4v) is 3.39. The first-order chi connectivity index (χ1) is 9.61. The maximum Gasteiger partial charge on any atom is 0.257 e. The third-order valence-corrected chi connectivity index (χ3v) is 4.30. The van der Waals surface area contributed by atoms with Gasteiger partial charge in [-0.15, -0.1) is 11.3 Å². The third-order valence-electron chi connectivity index (χ3n) is 3.14. The van der Waals surface area contributed by atoms with Gasteiger partial charge >= 0.3 is 0 Å². The van der Waals surface area contributed by atoms with E-state index in [1.807, 2.05) is 23.6 Å². The molecule has 3 rings (SSSR count). The largest absolute Gasteiger partial charge is 0.318 e. The Morgan fingerprint density at radius 3 is 2.80 bits per heavy atom. The number of amides is 1. The number of carbonyl (C=O) groups is 1. The quantitative estimate of drug-likeness (QED) is 0.698. The van der Waals surface area contributed by atoms with E-state index < -0.39 is 17.7 Å². The number of thiophene rings is 1. The summed E-state index contributed by atoms with van der Waals surface area (Å²) in [5, 5.41) is 13.6. The van der Waals surface area contributed by atoms with Crippen molar-refractivity contribution in [2.75, 3.05) is 5.32 Å². The highest BCUT2D eigenvalue weighted by atomic mass is 32.1. The molecule has 20 heavy (non-hydrogen) atoms. The fourth-order valence-electron chi connectivity index (χ4n) is 2.32. The molecular weight excluding hydrogens is 296 g/mol. The highest BCUT2D eigenvalue weighted by molar-refractivity contribution is 7.71. The lowest BCUT2D eigenvalue weighted by atomic mass is 9.83. The van der Waals surface area contributed by atoms with Crippen LogP contribution in [0.4, 0.5) is 5.82 Å². The number of nitrogens with zero attached hydrogens (tertiary/aromatic N) is 1. The Labute approximate surface area is 122 Å². The van der Waals surface area contributed by atoms with E-state index in [2.05, 4.69) is 15.3 Å². The second-order valence-electron chi connectivity index (χ2n) is 4.29. The van der Waals surface area contributed by atoms with Crippen LogP contribution in [-0.2, 0) is 4.79 Å². The van der Waals surface area contributed by atoms with Crippen molar-refractivity contribution in [1.82, 2.24) is 9.97 Å². The van der Waals surface area contributed by atoms with Crippen LogP contribution in [0.1, 0.15) is 16.4 Å². The van der Waals surface area contributed by atoms with Crippen LogP contribution < -0.4 is 10.9 Å². The van der Waals surface area contributed by atoms with Gasteiger partial charge in [0.1, 0.15) is 11.7 Å². The van der Waals surface area contributed by atoms with Crippen molar-refractivity contribution in [3.05, 3.63) is 43.1 Å². The van der Waals surface area contributed by atoms with Crippen molar-refractivity contribution in [3.8, 4) is 6.07 Å². The minimum atomic E-state index is -0.938. The Morgan fingerprint density at radius 2 is 2.15 bits per heavy atom. The van der Waals surface area contributed by atoms with E-state index in [4.69, 9.17) is 12.2 Å². The molecule has 0 aromatic carbocycles. The number of hydrogen-bond donors (Lipinski definition) is 3. The van der Waals surface area contributed by atoms with Crippen LogP contribution in [0.25, 0.3) is 0 Å². The lowest BCUT2D eigenvalue weighted by Gasteiger charge is -2.27. The standard InChI is InChI=1S/C12H8N4O2S2/c13-4-5-7(6-2-1-3-20-6)8-9(14-10(5)17)15-12(19)16-11(8)18/h1-3,5,7H,(H3,14,15,16,17,18,19)/t5-,7-/m1/s1. The molecule has 6 nitrogen and oxygen atoms in total. The smallest absolute Gasteiger partial charge is 0.257 e.